The summed E-state index contributed by atoms with van der Waals surface area (Å²) >= 11 is 2.23. The average Bonchev–Trinajstić information content (AvgIpc) is 2.90. The van der Waals surface area contributed by atoms with Gasteiger partial charge in [-0.2, -0.15) is 0 Å². The Morgan fingerprint density at radius 1 is 1.13 bits per heavy atom. The van der Waals surface area contributed by atoms with Crippen LogP contribution in [0.15, 0.2) is 75.8 Å². The lowest BCUT2D eigenvalue weighted by Crippen LogP contribution is -2.41. The zero-order valence-electron chi connectivity index (χ0n) is 13.2. The third-order valence-electron chi connectivity index (χ3n) is 4.15. The van der Waals surface area contributed by atoms with Gasteiger partial charge in [0.25, 0.3) is 0 Å². The summed E-state index contributed by atoms with van der Waals surface area (Å²) < 4.78 is 6.78. The van der Waals surface area contributed by atoms with Crippen LogP contribution in [0.3, 0.4) is 0 Å². The highest BCUT2D eigenvalue weighted by molar-refractivity contribution is 14.1. The van der Waals surface area contributed by atoms with Crippen molar-refractivity contribution in [1.29, 1.82) is 0 Å². The second-order valence-corrected chi connectivity index (χ2v) is 6.79. The number of hydrogen-bond donors (Lipinski definition) is 0. The van der Waals surface area contributed by atoms with E-state index in [1.165, 1.54) is 0 Å². The van der Waals surface area contributed by atoms with Gasteiger partial charge in [-0.05, 0) is 47.2 Å². The molecule has 0 spiro atoms. The van der Waals surface area contributed by atoms with Gasteiger partial charge in [-0.3, -0.25) is 0 Å². The van der Waals surface area contributed by atoms with Crippen molar-refractivity contribution in [3.05, 3.63) is 76.4 Å². The van der Waals surface area contributed by atoms with Gasteiger partial charge in [0.15, 0.2) is 0 Å². The highest BCUT2D eigenvalue weighted by Crippen LogP contribution is 2.48. The third-order valence-corrected chi connectivity index (χ3v) is 4.93. The first-order chi connectivity index (χ1) is 11.1. The van der Waals surface area contributed by atoms with Crippen molar-refractivity contribution in [2.24, 2.45) is 4.99 Å². The molecule has 2 aromatic carbocycles. The van der Waals surface area contributed by atoms with Crippen LogP contribution >= 0.6 is 22.6 Å². The molecule has 1 heterocycles. The molecule has 1 aliphatic rings. The number of hydrogen-bond acceptors (Lipinski definition) is 3. The van der Waals surface area contributed by atoms with E-state index in [2.05, 4.69) is 58.3 Å². The molecule has 1 aliphatic heterocycles. The van der Waals surface area contributed by atoms with E-state index in [1.807, 2.05) is 43.3 Å². The molecule has 4 heteroatoms. The number of methoxy groups -OCH3 is 1. The Morgan fingerprint density at radius 2 is 1.70 bits per heavy atom. The summed E-state index contributed by atoms with van der Waals surface area (Å²) in [5, 5.41) is 0. The molecular formula is C19H19IN2O. The second kappa shape index (κ2) is 6.45. The normalized spacial score (nSPS) is 23.7. The Labute approximate surface area is 150 Å². The number of halogens is 1. The van der Waals surface area contributed by atoms with Crippen LogP contribution in [0.5, 0.6) is 0 Å². The van der Waals surface area contributed by atoms with Crippen LogP contribution in [0.1, 0.15) is 18.5 Å². The van der Waals surface area contributed by atoms with E-state index >= 15 is 0 Å². The number of amidine groups is 1. The quantitative estimate of drug-likeness (QED) is 0.656. The van der Waals surface area contributed by atoms with Gasteiger partial charge in [0, 0.05) is 16.4 Å². The van der Waals surface area contributed by atoms with Crippen molar-refractivity contribution >= 4 is 34.1 Å². The van der Waals surface area contributed by atoms with Crippen molar-refractivity contribution in [3.8, 4) is 0 Å². The van der Waals surface area contributed by atoms with Crippen LogP contribution in [0.2, 0.25) is 0 Å². The van der Waals surface area contributed by atoms with Crippen LogP contribution in [0, 0.1) is 0 Å². The van der Waals surface area contributed by atoms with Crippen LogP contribution in [-0.4, -0.2) is 18.7 Å². The SMILES string of the molecule is C=C(I)C1(OC)N=C(C)N(c2ccccc2)C1c1ccccc1. The van der Waals surface area contributed by atoms with Gasteiger partial charge in [-0.15, -0.1) is 0 Å². The summed E-state index contributed by atoms with van der Waals surface area (Å²) in [5.74, 6) is 0.921. The minimum absolute atomic E-state index is 0.0829. The molecule has 0 radical (unpaired) electrons. The standard InChI is InChI=1S/C19H19IN2O/c1-14(20)19(23-3)18(16-10-6-4-7-11-16)22(15(2)21-19)17-12-8-5-9-13-17/h4-13,18H,1H2,2-3H3. The summed E-state index contributed by atoms with van der Waals surface area (Å²) in [5.41, 5.74) is 1.46. The van der Waals surface area contributed by atoms with Crippen LogP contribution < -0.4 is 4.90 Å². The molecule has 3 nitrogen and oxygen atoms in total. The monoisotopic (exact) mass is 418 g/mol. The van der Waals surface area contributed by atoms with Crippen molar-refractivity contribution in [2.45, 2.75) is 18.7 Å². The molecule has 0 aliphatic carbocycles. The predicted molar refractivity (Wildman–Crippen MR) is 104 cm³/mol. The first-order valence-corrected chi connectivity index (χ1v) is 8.54. The van der Waals surface area contributed by atoms with Crippen LogP contribution in [-0.2, 0) is 4.74 Å². The van der Waals surface area contributed by atoms with E-state index in [0.717, 1.165) is 20.7 Å². The lowest BCUT2D eigenvalue weighted by atomic mass is 9.95. The van der Waals surface area contributed by atoms with E-state index in [0.29, 0.717) is 0 Å². The molecule has 3 rings (SSSR count). The van der Waals surface area contributed by atoms with Crippen molar-refractivity contribution in [1.82, 2.24) is 0 Å². The number of benzene rings is 2. The van der Waals surface area contributed by atoms with Gasteiger partial charge in [0.1, 0.15) is 11.9 Å². The fraction of sp³-hybridized carbons (Fsp3) is 0.211. The average molecular weight is 418 g/mol. The summed E-state index contributed by atoms with van der Waals surface area (Å²) in [4.78, 5) is 7.09. The minimum Gasteiger partial charge on any atom is -0.351 e. The molecule has 2 atom stereocenters. The molecule has 0 saturated heterocycles. The van der Waals surface area contributed by atoms with Crippen molar-refractivity contribution < 1.29 is 4.74 Å². The Hall–Kier alpha value is -1.66. The van der Waals surface area contributed by atoms with Crippen molar-refractivity contribution in [2.75, 3.05) is 12.0 Å². The number of ether oxygens (including phenoxy) is 1. The van der Waals surface area contributed by atoms with Gasteiger partial charge < -0.3 is 9.64 Å². The summed E-state index contributed by atoms with van der Waals surface area (Å²) in [6.07, 6.45) is 0. The van der Waals surface area contributed by atoms with Gasteiger partial charge >= 0.3 is 0 Å². The van der Waals surface area contributed by atoms with Gasteiger partial charge in [-0.1, -0.05) is 55.1 Å². The van der Waals surface area contributed by atoms with Gasteiger partial charge in [0.2, 0.25) is 5.72 Å². The number of aliphatic imine (C=N–C) groups is 1. The maximum Gasteiger partial charge on any atom is 0.216 e. The lowest BCUT2D eigenvalue weighted by molar-refractivity contribution is 0.0248. The first-order valence-electron chi connectivity index (χ1n) is 7.46. The van der Waals surface area contributed by atoms with E-state index < -0.39 is 5.72 Å². The highest BCUT2D eigenvalue weighted by atomic mass is 127. The topological polar surface area (TPSA) is 24.8 Å². The van der Waals surface area contributed by atoms with Crippen LogP contribution in [0.25, 0.3) is 0 Å². The Morgan fingerprint density at radius 3 is 2.22 bits per heavy atom. The van der Waals surface area contributed by atoms with Crippen molar-refractivity contribution in [3.63, 3.8) is 0 Å². The summed E-state index contributed by atoms with van der Waals surface area (Å²) in [6, 6.07) is 20.5. The number of anilines is 1. The molecule has 2 aromatic rings. The predicted octanol–water partition coefficient (Wildman–Crippen LogP) is 4.96. The Bertz CT molecular complexity index is 730. The molecule has 118 valence electrons. The summed E-state index contributed by atoms with van der Waals surface area (Å²) in [7, 11) is 1.70. The van der Waals surface area contributed by atoms with Crippen LogP contribution in [0.4, 0.5) is 5.69 Å². The molecule has 0 aromatic heterocycles. The van der Waals surface area contributed by atoms with E-state index in [-0.39, 0.29) is 6.04 Å². The molecule has 0 amide bonds. The fourth-order valence-corrected chi connectivity index (χ4v) is 3.76. The number of para-hydroxylation sites is 1. The molecule has 0 fully saturated rings. The second-order valence-electron chi connectivity index (χ2n) is 5.48. The molecule has 2 unspecified atom stereocenters. The van der Waals surface area contributed by atoms with Gasteiger partial charge in [-0.25, -0.2) is 4.99 Å². The lowest BCUT2D eigenvalue weighted by Gasteiger charge is -2.36. The Kier molecular flexibility index (Phi) is 4.55. The largest absolute Gasteiger partial charge is 0.351 e. The highest BCUT2D eigenvalue weighted by Gasteiger charge is 2.51. The fourth-order valence-electron chi connectivity index (χ4n) is 3.13. The summed E-state index contributed by atoms with van der Waals surface area (Å²) in [6.45, 7) is 6.16. The number of rotatable bonds is 4. The third kappa shape index (κ3) is 2.70. The zero-order chi connectivity index (χ0) is 16.4. The van der Waals surface area contributed by atoms with Gasteiger partial charge in [0.05, 0.1) is 0 Å². The maximum atomic E-state index is 5.91. The smallest absolute Gasteiger partial charge is 0.216 e. The molecule has 0 bridgehead atoms. The molecule has 0 N–H and O–H groups in total. The first kappa shape index (κ1) is 16.2. The maximum absolute atomic E-state index is 5.91. The molecule has 0 saturated carbocycles. The van der Waals surface area contributed by atoms with E-state index in [1.54, 1.807) is 7.11 Å². The van der Waals surface area contributed by atoms with E-state index in [9.17, 15) is 0 Å². The zero-order valence-corrected chi connectivity index (χ0v) is 15.4. The Balaban J connectivity index is 2.19. The van der Waals surface area contributed by atoms with E-state index in [4.69, 9.17) is 9.73 Å². The molecular weight excluding hydrogens is 399 g/mol. The number of nitrogens with zero attached hydrogens (tertiary/aromatic N) is 2. The molecule has 23 heavy (non-hydrogen) atoms. The minimum atomic E-state index is -0.790.